The van der Waals surface area contributed by atoms with Crippen LogP contribution in [-0.2, 0) is 13.1 Å². The van der Waals surface area contributed by atoms with E-state index in [2.05, 4.69) is 41.5 Å². The lowest BCUT2D eigenvalue weighted by molar-refractivity contribution is 0.304. The van der Waals surface area contributed by atoms with E-state index in [-0.39, 0.29) is 0 Å². The SMILES string of the molecule is CCNCc1nc(CN(C)CC2CC2C)cs1. The van der Waals surface area contributed by atoms with Crippen molar-refractivity contribution in [1.29, 1.82) is 0 Å². The average molecular weight is 253 g/mol. The van der Waals surface area contributed by atoms with Gasteiger partial charge >= 0.3 is 0 Å². The lowest BCUT2D eigenvalue weighted by Crippen LogP contribution is -2.21. The summed E-state index contributed by atoms with van der Waals surface area (Å²) in [6, 6.07) is 0. The Kier molecular flexibility index (Phi) is 4.54. The van der Waals surface area contributed by atoms with E-state index >= 15 is 0 Å². The molecule has 1 fully saturated rings. The summed E-state index contributed by atoms with van der Waals surface area (Å²) in [6.45, 7) is 8.60. The minimum atomic E-state index is 0.907. The molecule has 0 radical (unpaired) electrons. The zero-order valence-corrected chi connectivity index (χ0v) is 11.9. The minimum Gasteiger partial charge on any atom is -0.311 e. The van der Waals surface area contributed by atoms with Crippen molar-refractivity contribution in [2.45, 2.75) is 33.4 Å². The van der Waals surface area contributed by atoms with E-state index in [1.54, 1.807) is 11.3 Å². The topological polar surface area (TPSA) is 28.2 Å². The van der Waals surface area contributed by atoms with Gasteiger partial charge in [0.05, 0.1) is 5.69 Å². The van der Waals surface area contributed by atoms with Gasteiger partial charge in [-0.15, -0.1) is 11.3 Å². The van der Waals surface area contributed by atoms with Crippen LogP contribution < -0.4 is 5.32 Å². The minimum absolute atomic E-state index is 0.907. The Balaban J connectivity index is 1.75. The first-order valence-corrected chi connectivity index (χ1v) is 7.39. The number of hydrogen-bond acceptors (Lipinski definition) is 4. The summed E-state index contributed by atoms with van der Waals surface area (Å²) in [4.78, 5) is 7.05. The Bertz CT molecular complexity index is 350. The van der Waals surface area contributed by atoms with Crippen LogP contribution in [0.2, 0.25) is 0 Å². The molecule has 1 aliphatic rings. The van der Waals surface area contributed by atoms with Crippen LogP contribution in [0.5, 0.6) is 0 Å². The van der Waals surface area contributed by atoms with Gasteiger partial charge in [-0.2, -0.15) is 0 Å². The molecule has 4 heteroatoms. The third-order valence-electron chi connectivity index (χ3n) is 3.38. The van der Waals surface area contributed by atoms with E-state index < -0.39 is 0 Å². The van der Waals surface area contributed by atoms with Crippen molar-refractivity contribution in [2.24, 2.45) is 11.8 Å². The van der Waals surface area contributed by atoms with Gasteiger partial charge in [0.25, 0.3) is 0 Å². The third kappa shape index (κ3) is 4.05. The molecular weight excluding hydrogens is 230 g/mol. The molecule has 1 saturated carbocycles. The summed E-state index contributed by atoms with van der Waals surface area (Å²) < 4.78 is 0. The van der Waals surface area contributed by atoms with Crippen molar-refractivity contribution in [3.63, 3.8) is 0 Å². The molecule has 0 spiro atoms. The number of nitrogens with one attached hydrogen (secondary N) is 1. The van der Waals surface area contributed by atoms with E-state index in [1.165, 1.54) is 23.7 Å². The summed E-state index contributed by atoms with van der Waals surface area (Å²) >= 11 is 1.77. The van der Waals surface area contributed by atoms with Crippen molar-refractivity contribution in [1.82, 2.24) is 15.2 Å². The summed E-state index contributed by atoms with van der Waals surface area (Å²) in [6.07, 6.45) is 1.41. The highest BCUT2D eigenvalue weighted by Crippen LogP contribution is 2.38. The maximum absolute atomic E-state index is 4.65. The summed E-state index contributed by atoms with van der Waals surface area (Å²) in [5, 5.41) is 6.71. The van der Waals surface area contributed by atoms with E-state index in [4.69, 9.17) is 0 Å². The molecule has 0 bridgehead atoms. The molecule has 1 aromatic heterocycles. The van der Waals surface area contributed by atoms with Gasteiger partial charge in [-0.3, -0.25) is 0 Å². The van der Waals surface area contributed by atoms with Gasteiger partial charge in [0.15, 0.2) is 0 Å². The third-order valence-corrected chi connectivity index (χ3v) is 4.28. The van der Waals surface area contributed by atoms with Crippen LogP contribution in [-0.4, -0.2) is 30.0 Å². The molecular formula is C13H23N3S. The highest BCUT2D eigenvalue weighted by Gasteiger charge is 2.33. The predicted molar refractivity (Wildman–Crippen MR) is 73.1 cm³/mol. The molecule has 2 rings (SSSR count). The quantitative estimate of drug-likeness (QED) is 0.808. The second kappa shape index (κ2) is 5.94. The smallest absolute Gasteiger partial charge is 0.107 e. The number of rotatable bonds is 7. The zero-order chi connectivity index (χ0) is 12.3. The number of nitrogens with zero attached hydrogens (tertiary/aromatic N) is 2. The molecule has 17 heavy (non-hydrogen) atoms. The molecule has 2 atom stereocenters. The first kappa shape index (κ1) is 13.0. The highest BCUT2D eigenvalue weighted by molar-refractivity contribution is 7.09. The molecule has 0 aliphatic heterocycles. The van der Waals surface area contributed by atoms with Gasteiger partial charge in [0, 0.05) is 25.0 Å². The number of aromatic nitrogens is 1. The van der Waals surface area contributed by atoms with Crippen LogP contribution in [0.15, 0.2) is 5.38 Å². The van der Waals surface area contributed by atoms with Crippen LogP contribution >= 0.6 is 11.3 Å². The van der Waals surface area contributed by atoms with E-state index in [1.807, 2.05) is 0 Å². The van der Waals surface area contributed by atoms with Crippen LogP contribution in [0.1, 0.15) is 31.0 Å². The molecule has 0 saturated heterocycles. The molecule has 1 aromatic rings. The van der Waals surface area contributed by atoms with Gasteiger partial charge in [-0.05, 0) is 31.8 Å². The molecule has 3 nitrogen and oxygen atoms in total. The van der Waals surface area contributed by atoms with Crippen molar-refractivity contribution in [3.8, 4) is 0 Å². The van der Waals surface area contributed by atoms with Gasteiger partial charge in [-0.1, -0.05) is 13.8 Å². The first-order chi connectivity index (χ1) is 8.19. The van der Waals surface area contributed by atoms with Gasteiger partial charge in [0.1, 0.15) is 5.01 Å². The van der Waals surface area contributed by atoms with E-state index in [9.17, 15) is 0 Å². The summed E-state index contributed by atoms with van der Waals surface area (Å²) in [5.74, 6) is 1.87. The fraction of sp³-hybridized carbons (Fsp3) is 0.769. The van der Waals surface area contributed by atoms with Crippen molar-refractivity contribution >= 4 is 11.3 Å². The van der Waals surface area contributed by atoms with Gasteiger partial charge in [0.2, 0.25) is 0 Å². The molecule has 1 aliphatic carbocycles. The maximum atomic E-state index is 4.65. The number of thiazole rings is 1. The van der Waals surface area contributed by atoms with Gasteiger partial charge < -0.3 is 10.2 Å². The van der Waals surface area contributed by atoms with Crippen molar-refractivity contribution < 1.29 is 0 Å². The Hall–Kier alpha value is -0.450. The lowest BCUT2D eigenvalue weighted by atomic mass is 10.3. The Morgan fingerprint density at radius 1 is 1.59 bits per heavy atom. The predicted octanol–water partition coefficient (Wildman–Crippen LogP) is 2.34. The molecule has 1 heterocycles. The lowest BCUT2D eigenvalue weighted by Gasteiger charge is -2.14. The maximum Gasteiger partial charge on any atom is 0.107 e. The van der Waals surface area contributed by atoms with Crippen LogP contribution in [0.3, 0.4) is 0 Å². The van der Waals surface area contributed by atoms with Crippen LogP contribution in [0.25, 0.3) is 0 Å². The molecule has 0 amide bonds. The summed E-state index contributed by atoms with van der Waals surface area (Å²) in [5.41, 5.74) is 1.22. The standard InChI is InChI=1S/C13H23N3S/c1-4-14-6-13-15-12(9-17-13)8-16(3)7-11-5-10(11)2/h9-11,14H,4-8H2,1-3H3. The normalized spacial score (nSPS) is 23.3. The van der Waals surface area contributed by atoms with E-state index in [0.717, 1.165) is 31.5 Å². The van der Waals surface area contributed by atoms with Crippen LogP contribution in [0.4, 0.5) is 0 Å². The Morgan fingerprint density at radius 3 is 3.00 bits per heavy atom. The monoisotopic (exact) mass is 253 g/mol. The van der Waals surface area contributed by atoms with Gasteiger partial charge in [-0.25, -0.2) is 4.98 Å². The van der Waals surface area contributed by atoms with Crippen molar-refractivity contribution in [3.05, 3.63) is 16.1 Å². The van der Waals surface area contributed by atoms with Crippen LogP contribution in [0, 0.1) is 11.8 Å². The molecule has 0 aromatic carbocycles. The van der Waals surface area contributed by atoms with E-state index in [0.29, 0.717) is 0 Å². The van der Waals surface area contributed by atoms with Crippen molar-refractivity contribution in [2.75, 3.05) is 20.1 Å². The average Bonchev–Trinajstić information content (AvgIpc) is 2.78. The molecule has 1 N–H and O–H groups in total. The summed E-state index contributed by atoms with van der Waals surface area (Å²) in [7, 11) is 2.20. The largest absolute Gasteiger partial charge is 0.311 e. The fourth-order valence-electron chi connectivity index (χ4n) is 2.13. The number of hydrogen-bond donors (Lipinski definition) is 1. The Labute approximate surface area is 108 Å². The Morgan fingerprint density at radius 2 is 2.35 bits per heavy atom. The highest BCUT2D eigenvalue weighted by atomic mass is 32.1. The second-order valence-corrected chi connectivity index (χ2v) is 6.13. The first-order valence-electron chi connectivity index (χ1n) is 6.51. The fourth-order valence-corrected chi connectivity index (χ4v) is 2.88. The molecule has 96 valence electrons. The zero-order valence-electron chi connectivity index (χ0n) is 11.1. The molecule has 2 unspecified atom stereocenters. The second-order valence-electron chi connectivity index (χ2n) is 5.18.